The number of thiazole rings is 1. The van der Waals surface area contributed by atoms with Crippen LogP contribution >= 0.6 is 35.3 Å². The number of nitrogens with one attached hydrogen (secondary N) is 2. The van der Waals surface area contributed by atoms with Gasteiger partial charge in [-0.25, -0.2) is 4.98 Å². The molecule has 5 nitrogen and oxygen atoms in total. The van der Waals surface area contributed by atoms with Crippen LogP contribution in [0, 0.1) is 6.92 Å². The van der Waals surface area contributed by atoms with Crippen molar-refractivity contribution in [3.8, 4) is 0 Å². The number of likely N-dealkylation sites (tertiary alicyclic amines) is 1. The third kappa shape index (κ3) is 6.93. The second-order valence-electron chi connectivity index (χ2n) is 5.68. The Morgan fingerprint density at radius 2 is 2.26 bits per heavy atom. The molecule has 1 saturated heterocycles. The van der Waals surface area contributed by atoms with Gasteiger partial charge in [-0.15, -0.1) is 35.3 Å². The number of hydrogen-bond acceptors (Lipinski definition) is 4. The molecule has 1 unspecified atom stereocenters. The molecule has 0 amide bonds. The highest BCUT2D eigenvalue weighted by atomic mass is 127. The SMILES string of the molecule is CCNC(=NCC1CCCN1CC)NCCc1csc(C)n1.I. The number of hydrogen-bond donors (Lipinski definition) is 2. The van der Waals surface area contributed by atoms with Crippen LogP contribution in [0.15, 0.2) is 10.4 Å². The van der Waals surface area contributed by atoms with Gasteiger partial charge >= 0.3 is 0 Å². The van der Waals surface area contributed by atoms with Crippen molar-refractivity contribution in [3.63, 3.8) is 0 Å². The molecule has 0 saturated carbocycles. The number of halogens is 1. The normalized spacial score (nSPS) is 18.7. The monoisotopic (exact) mass is 451 g/mol. The van der Waals surface area contributed by atoms with E-state index in [4.69, 9.17) is 4.99 Å². The van der Waals surface area contributed by atoms with Gasteiger partial charge in [-0.05, 0) is 39.8 Å². The highest BCUT2D eigenvalue weighted by Gasteiger charge is 2.22. The van der Waals surface area contributed by atoms with Crippen LogP contribution in [-0.2, 0) is 6.42 Å². The van der Waals surface area contributed by atoms with Crippen molar-refractivity contribution in [3.05, 3.63) is 16.1 Å². The Morgan fingerprint density at radius 3 is 2.91 bits per heavy atom. The molecule has 23 heavy (non-hydrogen) atoms. The van der Waals surface area contributed by atoms with E-state index in [1.807, 2.05) is 6.92 Å². The Hall–Kier alpha value is -0.410. The molecular formula is C16H30IN5S. The molecule has 1 aromatic heterocycles. The summed E-state index contributed by atoms with van der Waals surface area (Å²) in [5.41, 5.74) is 1.17. The van der Waals surface area contributed by atoms with Crippen molar-refractivity contribution in [2.24, 2.45) is 4.99 Å². The van der Waals surface area contributed by atoms with Gasteiger partial charge in [0, 0.05) is 30.9 Å². The first-order valence-corrected chi connectivity index (χ1v) is 9.28. The molecule has 1 aromatic rings. The zero-order chi connectivity index (χ0) is 15.8. The molecule has 0 radical (unpaired) electrons. The Morgan fingerprint density at radius 1 is 1.43 bits per heavy atom. The van der Waals surface area contributed by atoms with E-state index in [1.165, 1.54) is 25.1 Å². The van der Waals surface area contributed by atoms with E-state index < -0.39 is 0 Å². The van der Waals surface area contributed by atoms with Crippen molar-refractivity contribution in [1.29, 1.82) is 0 Å². The Balaban J connectivity index is 0.00000264. The van der Waals surface area contributed by atoms with Gasteiger partial charge in [0.15, 0.2) is 5.96 Å². The average molecular weight is 451 g/mol. The van der Waals surface area contributed by atoms with Gasteiger partial charge in [-0.1, -0.05) is 6.92 Å². The lowest BCUT2D eigenvalue weighted by Crippen LogP contribution is -2.40. The fourth-order valence-corrected chi connectivity index (χ4v) is 3.54. The molecule has 1 aliphatic rings. The van der Waals surface area contributed by atoms with Crippen molar-refractivity contribution >= 4 is 41.3 Å². The van der Waals surface area contributed by atoms with E-state index in [-0.39, 0.29) is 24.0 Å². The summed E-state index contributed by atoms with van der Waals surface area (Å²) in [7, 11) is 0. The maximum Gasteiger partial charge on any atom is 0.191 e. The van der Waals surface area contributed by atoms with Crippen LogP contribution in [-0.4, -0.2) is 54.6 Å². The topological polar surface area (TPSA) is 52.6 Å². The Bertz CT molecular complexity index is 477. The van der Waals surface area contributed by atoms with Crippen LogP contribution in [0.5, 0.6) is 0 Å². The number of likely N-dealkylation sites (N-methyl/N-ethyl adjacent to an activating group) is 1. The molecule has 132 valence electrons. The Labute approximate surface area is 161 Å². The second-order valence-corrected chi connectivity index (χ2v) is 6.74. The molecule has 1 fully saturated rings. The average Bonchev–Trinajstić information content (AvgIpc) is 3.13. The van der Waals surface area contributed by atoms with Crippen LogP contribution in [0.2, 0.25) is 0 Å². The van der Waals surface area contributed by atoms with Crippen molar-refractivity contribution in [2.45, 2.75) is 46.1 Å². The highest BCUT2D eigenvalue weighted by Crippen LogP contribution is 2.16. The van der Waals surface area contributed by atoms with E-state index in [0.29, 0.717) is 6.04 Å². The molecule has 7 heteroatoms. The summed E-state index contributed by atoms with van der Waals surface area (Å²) in [6, 6.07) is 0.613. The molecule has 0 spiro atoms. The van der Waals surface area contributed by atoms with Crippen LogP contribution in [0.4, 0.5) is 0 Å². The fraction of sp³-hybridized carbons (Fsp3) is 0.750. The summed E-state index contributed by atoms with van der Waals surface area (Å²) in [5, 5.41) is 10.0. The van der Waals surface area contributed by atoms with E-state index in [2.05, 4.69) is 39.7 Å². The maximum absolute atomic E-state index is 4.77. The summed E-state index contributed by atoms with van der Waals surface area (Å²) in [6.07, 6.45) is 3.52. The summed E-state index contributed by atoms with van der Waals surface area (Å²) in [6.45, 7) is 11.4. The van der Waals surface area contributed by atoms with Gasteiger partial charge in [0.2, 0.25) is 0 Å². The second kappa shape index (κ2) is 11.2. The summed E-state index contributed by atoms with van der Waals surface area (Å²) < 4.78 is 0. The first-order chi connectivity index (χ1) is 10.7. The van der Waals surface area contributed by atoms with E-state index in [0.717, 1.165) is 43.6 Å². The first kappa shape index (κ1) is 20.6. The standard InChI is InChI=1S/C16H29N5S.HI/c1-4-17-16(18-9-8-14-12-22-13(3)20-14)19-11-15-7-6-10-21(15)5-2;/h12,15H,4-11H2,1-3H3,(H2,17,18,19);1H. The predicted octanol–water partition coefficient (Wildman–Crippen LogP) is 2.65. The zero-order valence-corrected chi connectivity index (χ0v) is 17.6. The zero-order valence-electron chi connectivity index (χ0n) is 14.5. The van der Waals surface area contributed by atoms with Gasteiger partial charge < -0.3 is 10.6 Å². The van der Waals surface area contributed by atoms with Gasteiger partial charge in [0.05, 0.1) is 17.2 Å². The summed E-state index contributed by atoms with van der Waals surface area (Å²) >= 11 is 1.71. The lowest BCUT2D eigenvalue weighted by Gasteiger charge is -2.21. The lowest BCUT2D eigenvalue weighted by atomic mass is 10.2. The molecule has 0 aliphatic carbocycles. The van der Waals surface area contributed by atoms with E-state index in [1.54, 1.807) is 11.3 Å². The molecule has 2 rings (SSSR count). The predicted molar refractivity (Wildman–Crippen MR) is 110 cm³/mol. The van der Waals surface area contributed by atoms with Crippen molar-refractivity contribution in [1.82, 2.24) is 20.5 Å². The molecular weight excluding hydrogens is 421 g/mol. The van der Waals surface area contributed by atoms with Crippen LogP contribution < -0.4 is 10.6 Å². The first-order valence-electron chi connectivity index (χ1n) is 8.40. The largest absolute Gasteiger partial charge is 0.357 e. The fourth-order valence-electron chi connectivity index (χ4n) is 2.89. The minimum Gasteiger partial charge on any atom is -0.357 e. The number of nitrogens with zero attached hydrogens (tertiary/aromatic N) is 3. The van der Waals surface area contributed by atoms with Gasteiger partial charge in [-0.2, -0.15) is 0 Å². The van der Waals surface area contributed by atoms with Gasteiger partial charge in [0.25, 0.3) is 0 Å². The van der Waals surface area contributed by atoms with Crippen LogP contribution in [0.3, 0.4) is 0 Å². The molecule has 1 aliphatic heterocycles. The smallest absolute Gasteiger partial charge is 0.191 e. The third-order valence-electron chi connectivity index (χ3n) is 4.05. The third-order valence-corrected chi connectivity index (χ3v) is 4.87. The van der Waals surface area contributed by atoms with Crippen LogP contribution in [0.25, 0.3) is 0 Å². The number of rotatable bonds is 7. The summed E-state index contributed by atoms with van der Waals surface area (Å²) in [5.74, 6) is 0.928. The summed E-state index contributed by atoms with van der Waals surface area (Å²) in [4.78, 5) is 11.8. The molecule has 0 bridgehead atoms. The quantitative estimate of drug-likeness (QED) is 0.380. The van der Waals surface area contributed by atoms with Crippen LogP contribution in [0.1, 0.15) is 37.4 Å². The number of aliphatic imine (C=N–C) groups is 1. The number of guanidine groups is 1. The van der Waals surface area contributed by atoms with Gasteiger partial charge in [0.1, 0.15) is 0 Å². The number of aromatic nitrogens is 1. The lowest BCUT2D eigenvalue weighted by molar-refractivity contribution is 0.273. The Kier molecular flexibility index (Phi) is 10.0. The molecule has 1 atom stereocenters. The molecule has 0 aromatic carbocycles. The molecule has 2 N–H and O–H groups in total. The van der Waals surface area contributed by atoms with E-state index >= 15 is 0 Å². The van der Waals surface area contributed by atoms with Crippen molar-refractivity contribution < 1.29 is 0 Å². The molecule has 2 heterocycles. The van der Waals surface area contributed by atoms with E-state index in [9.17, 15) is 0 Å². The minimum atomic E-state index is 0. The minimum absolute atomic E-state index is 0. The van der Waals surface area contributed by atoms with Gasteiger partial charge in [-0.3, -0.25) is 9.89 Å². The number of aryl methyl sites for hydroxylation is 1. The van der Waals surface area contributed by atoms with Crippen molar-refractivity contribution in [2.75, 3.05) is 32.7 Å². The highest BCUT2D eigenvalue weighted by molar-refractivity contribution is 14.0. The maximum atomic E-state index is 4.77.